The monoisotopic (exact) mass is 433 g/mol. The Balaban J connectivity index is 1.89. The lowest BCUT2D eigenvalue weighted by atomic mass is 10.2. The van der Waals surface area contributed by atoms with Gasteiger partial charge in [0.2, 0.25) is 15.9 Å². The van der Waals surface area contributed by atoms with Crippen molar-refractivity contribution >= 4 is 48.9 Å². The minimum Gasteiger partial charge on any atom is -0.324 e. The SMILES string of the molecule is CC(C)n1c(=O)sc2cc(NC(=O)[C@@H](C)N(c3ccccc3)S(C)(=O)=O)ccc21. The number of para-hydroxylation sites is 1. The zero-order valence-corrected chi connectivity index (χ0v) is 18.3. The van der Waals surface area contributed by atoms with Gasteiger partial charge in [-0.3, -0.25) is 18.5 Å². The predicted molar refractivity (Wildman–Crippen MR) is 118 cm³/mol. The molecular formula is C20H23N3O4S2. The van der Waals surface area contributed by atoms with Gasteiger partial charge >= 0.3 is 4.87 Å². The zero-order valence-electron chi connectivity index (χ0n) is 16.6. The Morgan fingerprint density at radius 3 is 2.34 bits per heavy atom. The standard InChI is InChI=1S/C20H23N3O4S2/c1-13(2)22-17-11-10-15(12-18(17)28-20(22)25)21-19(24)14(3)23(29(4,26)27)16-8-6-5-7-9-16/h5-14H,1-4H3,(H,21,24)/t14-/m1/s1. The highest BCUT2D eigenvalue weighted by Gasteiger charge is 2.29. The number of thiazole rings is 1. The summed E-state index contributed by atoms with van der Waals surface area (Å²) in [5, 5.41) is 2.76. The molecule has 7 nitrogen and oxygen atoms in total. The van der Waals surface area contributed by atoms with E-state index in [1.165, 1.54) is 6.92 Å². The predicted octanol–water partition coefficient (Wildman–Crippen LogP) is 3.44. The number of hydrogen-bond donors (Lipinski definition) is 1. The first-order valence-electron chi connectivity index (χ1n) is 9.10. The smallest absolute Gasteiger partial charge is 0.308 e. The van der Waals surface area contributed by atoms with Crippen LogP contribution in [0.3, 0.4) is 0 Å². The van der Waals surface area contributed by atoms with E-state index in [4.69, 9.17) is 0 Å². The number of anilines is 2. The van der Waals surface area contributed by atoms with Gasteiger partial charge in [0.15, 0.2) is 0 Å². The molecule has 154 valence electrons. The Hall–Kier alpha value is -2.65. The summed E-state index contributed by atoms with van der Waals surface area (Å²) < 4.78 is 28.2. The largest absolute Gasteiger partial charge is 0.324 e. The Labute approximate surface area is 173 Å². The van der Waals surface area contributed by atoms with E-state index < -0.39 is 22.0 Å². The molecule has 9 heteroatoms. The number of carbonyl (C=O) groups is 1. The molecule has 0 bridgehead atoms. The van der Waals surface area contributed by atoms with Crippen molar-refractivity contribution in [1.29, 1.82) is 0 Å². The topological polar surface area (TPSA) is 88.5 Å². The van der Waals surface area contributed by atoms with E-state index in [-0.39, 0.29) is 10.9 Å². The van der Waals surface area contributed by atoms with Crippen LogP contribution in [-0.4, -0.2) is 31.2 Å². The summed E-state index contributed by atoms with van der Waals surface area (Å²) in [6.07, 6.45) is 1.07. The number of benzene rings is 2. The van der Waals surface area contributed by atoms with E-state index in [0.717, 1.165) is 32.1 Å². The van der Waals surface area contributed by atoms with Crippen LogP contribution in [0.4, 0.5) is 11.4 Å². The highest BCUT2D eigenvalue weighted by molar-refractivity contribution is 7.92. The van der Waals surface area contributed by atoms with Gasteiger partial charge in [-0.1, -0.05) is 29.5 Å². The van der Waals surface area contributed by atoms with Crippen LogP contribution in [0.5, 0.6) is 0 Å². The van der Waals surface area contributed by atoms with E-state index in [1.807, 2.05) is 13.8 Å². The summed E-state index contributed by atoms with van der Waals surface area (Å²) in [4.78, 5) is 25.0. The van der Waals surface area contributed by atoms with Gasteiger partial charge in [0.25, 0.3) is 0 Å². The van der Waals surface area contributed by atoms with Gasteiger partial charge in [-0.05, 0) is 51.1 Å². The fourth-order valence-corrected chi connectivity index (χ4v) is 5.46. The van der Waals surface area contributed by atoms with Crippen molar-refractivity contribution in [3.05, 3.63) is 58.2 Å². The fraction of sp³-hybridized carbons (Fsp3) is 0.300. The molecule has 0 saturated carbocycles. The van der Waals surface area contributed by atoms with Crippen molar-refractivity contribution < 1.29 is 13.2 Å². The molecule has 1 atom stereocenters. The van der Waals surface area contributed by atoms with Crippen LogP contribution in [0.25, 0.3) is 10.2 Å². The van der Waals surface area contributed by atoms with Crippen molar-refractivity contribution in [2.24, 2.45) is 0 Å². The molecule has 0 spiro atoms. The number of sulfonamides is 1. The summed E-state index contributed by atoms with van der Waals surface area (Å²) in [5.74, 6) is -0.464. The number of rotatable bonds is 6. The number of nitrogens with zero attached hydrogens (tertiary/aromatic N) is 2. The van der Waals surface area contributed by atoms with E-state index in [9.17, 15) is 18.0 Å². The van der Waals surface area contributed by atoms with Crippen LogP contribution in [0, 0.1) is 0 Å². The van der Waals surface area contributed by atoms with E-state index >= 15 is 0 Å². The fourth-order valence-electron chi connectivity index (χ4n) is 3.23. The molecule has 1 amide bonds. The molecule has 1 heterocycles. The Kier molecular flexibility index (Phi) is 5.81. The lowest BCUT2D eigenvalue weighted by Gasteiger charge is -2.28. The summed E-state index contributed by atoms with van der Waals surface area (Å²) >= 11 is 1.11. The minimum atomic E-state index is -3.67. The van der Waals surface area contributed by atoms with Crippen LogP contribution in [0.2, 0.25) is 0 Å². The van der Waals surface area contributed by atoms with Crippen molar-refractivity contribution in [2.75, 3.05) is 15.9 Å². The van der Waals surface area contributed by atoms with Crippen LogP contribution in [0.1, 0.15) is 26.8 Å². The van der Waals surface area contributed by atoms with Crippen LogP contribution in [-0.2, 0) is 14.8 Å². The number of hydrogen-bond acceptors (Lipinski definition) is 5. The summed E-state index contributed by atoms with van der Waals surface area (Å²) in [6, 6.07) is 12.8. The highest BCUT2D eigenvalue weighted by Crippen LogP contribution is 2.25. The molecule has 0 aliphatic carbocycles. The number of carbonyl (C=O) groups excluding carboxylic acids is 1. The molecular weight excluding hydrogens is 410 g/mol. The van der Waals surface area contributed by atoms with Crippen molar-refractivity contribution in [3.8, 4) is 0 Å². The summed E-state index contributed by atoms with van der Waals surface area (Å²) in [6.45, 7) is 5.41. The van der Waals surface area contributed by atoms with E-state index in [0.29, 0.717) is 11.4 Å². The first kappa shape index (κ1) is 21.1. The molecule has 0 radical (unpaired) electrons. The van der Waals surface area contributed by atoms with Crippen molar-refractivity contribution in [2.45, 2.75) is 32.9 Å². The second-order valence-corrected chi connectivity index (χ2v) is 9.93. The molecule has 3 rings (SSSR count). The van der Waals surface area contributed by atoms with Crippen LogP contribution < -0.4 is 14.5 Å². The van der Waals surface area contributed by atoms with Gasteiger partial charge in [0.05, 0.1) is 22.2 Å². The average molecular weight is 434 g/mol. The third-order valence-electron chi connectivity index (χ3n) is 4.50. The average Bonchev–Trinajstić information content (AvgIpc) is 2.96. The lowest BCUT2D eigenvalue weighted by Crippen LogP contribution is -2.45. The third-order valence-corrected chi connectivity index (χ3v) is 6.66. The molecule has 0 aliphatic heterocycles. The molecule has 29 heavy (non-hydrogen) atoms. The highest BCUT2D eigenvalue weighted by atomic mass is 32.2. The molecule has 0 saturated heterocycles. The number of amides is 1. The van der Waals surface area contributed by atoms with Crippen molar-refractivity contribution in [3.63, 3.8) is 0 Å². The molecule has 1 aromatic heterocycles. The minimum absolute atomic E-state index is 0.0332. The molecule has 0 fully saturated rings. The molecule has 1 N–H and O–H groups in total. The van der Waals surface area contributed by atoms with Gasteiger partial charge in [0.1, 0.15) is 6.04 Å². The number of aromatic nitrogens is 1. The quantitative estimate of drug-likeness (QED) is 0.645. The van der Waals surface area contributed by atoms with E-state index in [2.05, 4.69) is 5.32 Å². The zero-order chi connectivity index (χ0) is 21.3. The van der Waals surface area contributed by atoms with Gasteiger partial charge in [-0.15, -0.1) is 0 Å². The van der Waals surface area contributed by atoms with Crippen LogP contribution in [0.15, 0.2) is 53.3 Å². The first-order chi connectivity index (χ1) is 13.6. The molecule has 0 aliphatic rings. The first-order valence-corrected chi connectivity index (χ1v) is 11.8. The lowest BCUT2D eigenvalue weighted by molar-refractivity contribution is -0.116. The Bertz CT molecular complexity index is 1200. The molecule has 0 unspecified atom stereocenters. The second-order valence-electron chi connectivity index (χ2n) is 7.07. The third kappa shape index (κ3) is 4.35. The number of fused-ring (bicyclic) bond motifs is 1. The van der Waals surface area contributed by atoms with Gasteiger partial charge in [0, 0.05) is 11.7 Å². The summed E-state index contributed by atoms with van der Waals surface area (Å²) in [7, 11) is -3.67. The van der Waals surface area contributed by atoms with Crippen molar-refractivity contribution in [1.82, 2.24) is 4.57 Å². The summed E-state index contributed by atoms with van der Waals surface area (Å²) in [5.41, 5.74) is 1.73. The maximum absolute atomic E-state index is 12.8. The maximum atomic E-state index is 12.8. The van der Waals surface area contributed by atoms with Crippen LogP contribution >= 0.6 is 11.3 Å². The van der Waals surface area contributed by atoms with E-state index in [1.54, 1.807) is 53.1 Å². The second kappa shape index (κ2) is 8.00. The van der Waals surface area contributed by atoms with Gasteiger partial charge in [-0.2, -0.15) is 0 Å². The maximum Gasteiger partial charge on any atom is 0.308 e. The van der Waals surface area contributed by atoms with Gasteiger partial charge in [-0.25, -0.2) is 8.42 Å². The van der Waals surface area contributed by atoms with Gasteiger partial charge < -0.3 is 5.32 Å². The number of nitrogens with one attached hydrogen (secondary N) is 1. The molecule has 2 aromatic carbocycles. The Morgan fingerprint density at radius 2 is 1.76 bits per heavy atom. The normalized spacial score (nSPS) is 12.9. The molecule has 3 aromatic rings. The Morgan fingerprint density at radius 1 is 1.10 bits per heavy atom.